The lowest BCUT2D eigenvalue weighted by Crippen LogP contribution is -2.30. The van der Waals surface area contributed by atoms with Gasteiger partial charge in [-0.1, -0.05) is 13.8 Å². The van der Waals surface area contributed by atoms with Gasteiger partial charge in [-0.25, -0.2) is 17.2 Å². The SMILES string of the molecule is CC1(C)CC1NC(=O)c1c(F)ccc(S(=O)(=O)Cl)c1F. The Bertz CT molecular complexity index is 688. The molecule has 8 heteroatoms. The van der Waals surface area contributed by atoms with Gasteiger partial charge in [0.05, 0.1) is 0 Å². The van der Waals surface area contributed by atoms with E-state index in [0.717, 1.165) is 0 Å². The van der Waals surface area contributed by atoms with Gasteiger partial charge in [0.1, 0.15) is 16.3 Å². The Balaban J connectivity index is 2.39. The van der Waals surface area contributed by atoms with Crippen LogP contribution in [0.3, 0.4) is 0 Å². The number of carbonyl (C=O) groups is 1. The first-order valence-electron chi connectivity index (χ1n) is 5.77. The zero-order valence-electron chi connectivity index (χ0n) is 10.7. The van der Waals surface area contributed by atoms with Crippen molar-refractivity contribution >= 4 is 25.6 Å². The summed E-state index contributed by atoms with van der Waals surface area (Å²) in [5.74, 6) is -3.60. The van der Waals surface area contributed by atoms with Crippen molar-refractivity contribution < 1.29 is 22.0 Å². The summed E-state index contributed by atoms with van der Waals surface area (Å²) in [5, 5.41) is 2.46. The largest absolute Gasteiger partial charge is 0.349 e. The Kier molecular flexibility index (Phi) is 3.54. The first kappa shape index (κ1) is 15.2. The molecule has 0 radical (unpaired) electrons. The van der Waals surface area contributed by atoms with Gasteiger partial charge in [0.15, 0.2) is 5.82 Å². The Morgan fingerprint density at radius 1 is 1.40 bits per heavy atom. The summed E-state index contributed by atoms with van der Waals surface area (Å²) < 4.78 is 49.9. The average molecular weight is 324 g/mol. The van der Waals surface area contributed by atoms with E-state index < -0.39 is 37.1 Å². The number of benzene rings is 1. The van der Waals surface area contributed by atoms with Gasteiger partial charge in [-0.2, -0.15) is 0 Å². The van der Waals surface area contributed by atoms with Crippen LogP contribution in [0.5, 0.6) is 0 Å². The summed E-state index contributed by atoms with van der Waals surface area (Å²) in [4.78, 5) is 11.0. The molecule has 2 rings (SSSR count). The predicted octanol–water partition coefficient (Wildman–Crippen LogP) is 2.42. The third kappa shape index (κ3) is 2.78. The standard InChI is InChI=1S/C12H12ClF2NO3S/c1-12(2)5-8(12)16-11(17)9-6(14)3-4-7(10(9)15)20(13,18)19/h3-4,8H,5H2,1-2H3,(H,16,17). The van der Waals surface area contributed by atoms with Gasteiger partial charge in [-0.3, -0.25) is 4.79 Å². The second kappa shape index (κ2) is 4.66. The fourth-order valence-electron chi connectivity index (χ4n) is 1.87. The van der Waals surface area contributed by atoms with Gasteiger partial charge in [0.25, 0.3) is 15.0 Å². The number of hydrogen-bond acceptors (Lipinski definition) is 3. The molecule has 0 bridgehead atoms. The van der Waals surface area contributed by atoms with E-state index in [0.29, 0.717) is 18.6 Å². The number of carbonyl (C=O) groups excluding carboxylic acids is 1. The van der Waals surface area contributed by atoms with E-state index in [2.05, 4.69) is 5.32 Å². The van der Waals surface area contributed by atoms with Crippen molar-refractivity contribution in [2.75, 3.05) is 0 Å². The van der Waals surface area contributed by atoms with Crippen LogP contribution in [-0.2, 0) is 9.05 Å². The van der Waals surface area contributed by atoms with Crippen molar-refractivity contribution in [2.24, 2.45) is 5.41 Å². The molecular formula is C12H12ClF2NO3S. The smallest absolute Gasteiger partial charge is 0.264 e. The minimum absolute atomic E-state index is 0.126. The molecule has 110 valence electrons. The lowest BCUT2D eigenvalue weighted by Gasteiger charge is -2.10. The van der Waals surface area contributed by atoms with E-state index in [1.807, 2.05) is 13.8 Å². The van der Waals surface area contributed by atoms with Crippen molar-refractivity contribution in [1.82, 2.24) is 5.32 Å². The molecule has 1 saturated carbocycles. The molecule has 0 aliphatic heterocycles. The average Bonchev–Trinajstić information content (AvgIpc) is 2.83. The predicted molar refractivity (Wildman–Crippen MR) is 69.0 cm³/mol. The summed E-state index contributed by atoms with van der Waals surface area (Å²) in [6.45, 7) is 3.79. The first-order chi connectivity index (χ1) is 9.04. The Morgan fingerprint density at radius 3 is 2.40 bits per heavy atom. The van der Waals surface area contributed by atoms with Crippen LogP contribution in [0.1, 0.15) is 30.6 Å². The molecule has 0 saturated heterocycles. The van der Waals surface area contributed by atoms with Crippen molar-refractivity contribution in [3.63, 3.8) is 0 Å². The summed E-state index contributed by atoms with van der Waals surface area (Å²) in [6, 6.07) is 1.20. The molecule has 20 heavy (non-hydrogen) atoms. The zero-order chi connectivity index (χ0) is 15.3. The lowest BCUT2D eigenvalue weighted by molar-refractivity contribution is 0.0937. The quantitative estimate of drug-likeness (QED) is 0.869. The fourth-order valence-corrected chi connectivity index (χ4v) is 2.78. The highest BCUT2D eigenvalue weighted by molar-refractivity contribution is 8.13. The molecule has 1 N–H and O–H groups in total. The monoisotopic (exact) mass is 323 g/mol. The molecule has 0 spiro atoms. The third-order valence-electron chi connectivity index (χ3n) is 3.36. The summed E-state index contributed by atoms with van der Waals surface area (Å²) >= 11 is 0. The van der Waals surface area contributed by atoms with Gasteiger partial charge in [-0.05, 0) is 24.0 Å². The Hall–Kier alpha value is -1.21. The third-order valence-corrected chi connectivity index (χ3v) is 4.70. The van der Waals surface area contributed by atoms with Crippen molar-refractivity contribution in [3.05, 3.63) is 29.3 Å². The highest BCUT2D eigenvalue weighted by Crippen LogP contribution is 2.44. The molecule has 1 aliphatic rings. The molecule has 1 fully saturated rings. The number of nitrogens with one attached hydrogen (secondary N) is 1. The maximum atomic E-state index is 14.0. The summed E-state index contributed by atoms with van der Waals surface area (Å²) in [6.07, 6.45) is 0.690. The zero-order valence-corrected chi connectivity index (χ0v) is 12.3. The molecule has 4 nitrogen and oxygen atoms in total. The highest BCUT2D eigenvalue weighted by Gasteiger charge is 2.47. The number of rotatable bonds is 3. The molecular weight excluding hydrogens is 312 g/mol. The van der Waals surface area contributed by atoms with Crippen LogP contribution in [0.2, 0.25) is 0 Å². The molecule has 1 atom stereocenters. The van der Waals surface area contributed by atoms with Gasteiger partial charge in [-0.15, -0.1) is 0 Å². The van der Waals surface area contributed by atoms with E-state index in [1.165, 1.54) is 0 Å². The van der Waals surface area contributed by atoms with Crippen LogP contribution in [0.15, 0.2) is 17.0 Å². The summed E-state index contributed by atoms with van der Waals surface area (Å²) in [7, 11) is 0.643. The Labute approximate surface area is 119 Å². The van der Waals surface area contributed by atoms with E-state index in [1.54, 1.807) is 0 Å². The molecule has 1 aromatic rings. The maximum absolute atomic E-state index is 14.0. The molecule has 1 aromatic carbocycles. The lowest BCUT2D eigenvalue weighted by atomic mass is 10.1. The fraction of sp³-hybridized carbons (Fsp3) is 0.417. The van der Waals surface area contributed by atoms with Crippen molar-refractivity contribution in [3.8, 4) is 0 Å². The van der Waals surface area contributed by atoms with Crippen LogP contribution in [0, 0.1) is 17.0 Å². The van der Waals surface area contributed by atoms with Crippen LogP contribution >= 0.6 is 10.7 Å². The van der Waals surface area contributed by atoms with Crippen LogP contribution in [0.4, 0.5) is 8.78 Å². The van der Waals surface area contributed by atoms with Crippen molar-refractivity contribution in [2.45, 2.75) is 31.2 Å². The van der Waals surface area contributed by atoms with E-state index in [-0.39, 0.29) is 11.5 Å². The molecule has 0 aromatic heterocycles. The van der Waals surface area contributed by atoms with Gasteiger partial charge >= 0.3 is 0 Å². The highest BCUT2D eigenvalue weighted by atomic mass is 35.7. The number of halogens is 3. The Morgan fingerprint density at radius 2 is 1.95 bits per heavy atom. The molecule has 1 amide bonds. The van der Waals surface area contributed by atoms with Crippen molar-refractivity contribution in [1.29, 1.82) is 0 Å². The van der Waals surface area contributed by atoms with Crippen LogP contribution in [0.25, 0.3) is 0 Å². The van der Waals surface area contributed by atoms with E-state index in [4.69, 9.17) is 10.7 Å². The van der Waals surface area contributed by atoms with Gasteiger partial charge < -0.3 is 5.32 Å². The summed E-state index contributed by atoms with van der Waals surface area (Å²) in [5.41, 5.74) is -1.06. The second-order valence-electron chi connectivity index (χ2n) is 5.39. The maximum Gasteiger partial charge on any atom is 0.264 e. The van der Waals surface area contributed by atoms with Crippen LogP contribution in [-0.4, -0.2) is 20.4 Å². The number of amides is 1. The molecule has 1 unspecified atom stereocenters. The van der Waals surface area contributed by atoms with Gasteiger partial charge in [0, 0.05) is 16.7 Å². The van der Waals surface area contributed by atoms with E-state index >= 15 is 0 Å². The van der Waals surface area contributed by atoms with Crippen LogP contribution < -0.4 is 5.32 Å². The minimum atomic E-state index is -4.39. The minimum Gasteiger partial charge on any atom is -0.349 e. The normalized spacial score (nSPS) is 20.6. The molecule has 0 heterocycles. The first-order valence-corrected chi connectivity index (χ1v) is 8.08. The number of hydrogen-bond donors (Lipinski definition) is 1. The van der Waals surface area contributed by atoms with Gasteiger partial charge in [0.2, 0.25) is 0 Å². The molecule has 1 aliphatic carbocycles. The second-order valence-corrected chi connectivity index (χ2v) is 7.93. The van der Waals surface area contributed by atoms with E-state index in [9.17, 15) is 22.0 Å². The topological polar surface area (TPSA) is 63.2 Å².